The Morgan fingerprint density at radius 2 is 2.20 bits per heavy atom. The van der Waals surface area contributed by atoms with Crippen LogP contribution < -0.4 is 5.32 Å². The van der Waals surface area contributed by atoms with E-state index in [1.54, 1.807) is 5.56 Å². The van der Waals surface area contributed by atoms with E-state index in [2.05, 4.69) is 17.4 Å². The van der Waals surface area contributed by atoms with Crippen molar-refractivity contribution in [2.45, 2.75) is 25.2 Å². The van der Waals surface area contributed by atoms with E-state index >= 15 is 0 Å². The van der Waals surface area contributed by atoms with Crippen LogP contribution in [0.5, 0.6) is 0 Å². The van der Waals surface area contributed by atoms with E-state index in [1.165, 1.54) is 37.9 Å². The fraction of sp³-hybridized carbons (Fsp3) is 0.538. The highest BCUT2D eigenvalue weighted by atomic mass is 35.5. The standard InChI is InChI=1S/C13H16ClN/c14-11-3-4-12-9(7-11)1-2-10-8-15-6-5-13(10)12/h3-4,7,10,13,15H,1-2,5-6,8H2. The van der Waals surface area contributed by atoms with Crippen molar-refractivity contribution in [3.63, 3.8) is 0 Å². The van der Waals surface area contributed by atoms with Crippen LogP contribution in [0.1, 0.15) is 29.9 Å². The topological polar surface area (TPSA) is 12.0 Å². The Bertz CT molecular complexity index is 375. The van der Waals surface area contributed by atoms with Crippen LogP contribution in [0, 0.1) is 5.92 Å². The number of rotatable bonds is 0. The third kappa shape index (κ3) is 1.68. The van der Waals surface area contributed by atoms with Crippen molar-refractivity contribution in [1.82, 2.24) is 5.32 Å². The maximum absolute atomic E-state index is 6.04. The Labute approximate surface area is 95.8 Å². The highest BCUT2D eigenvalue weighted by Gasteiger charge is 2.31. The van der Waals surface area contributed by atoms with Crippen LogP contribution >= 0.6 is 11.6 Å². The summed E-state index contributed by atoms with van der Waals surface area (Å²) in [5.41, 5.74) is 3.06. The van der Waals surface area contributed by atoms with Crippen LogP contribution in [-0.4, -0.2) is 13.1 Å². The first kappa shape index (κ1) is 9.68. The molecule has 2 unspecified atom stereocenters. The molecule has 1 aliphatic carbocycles. The molecule has 1 fully saturated rings. The third-order valence-electron chi connectivity index (χ3n) is 3.90. The van der Waals surface area contributed by atoms with Crippen molar-refractivity contribution >= 4 is 11.6 Å². The van der Waals surface area contributed by atoms with E-state index in [0.29, 0.717) is 0 Å². The SMILES string of the molecule is Clc1ccc2c(c1)CCC1CNCCC21. The maximum atomic E-state index is 6.04. The van der Waals surface area contributed by atoms with Crippen molar-refractivity contribution in [2.75, 3.05) is 13.1 Å². The van der Waals surface area contributed by atoms with E-state index in [9.17, 15) is 0 Å². The highest BCUT2D eigenvalue weighted by Crippen LogP contribution is 2.40. The molecule has 1 saturated heterocycles. The first-order valence-corrected chi connectivity index (χ1v) is 6.21. The van der Waals surface area contributed by atoms with Crippen molar-refractivity contribution in [3.05, 3.63) is 34.3 Å². The second-order valence-corrected chi connectivity index (χ2v) is 5.18. The molecule has 1 aromatic carbocycles. The lowest BCUT2D eigenvalue weighted by Gasteiger charge is -2.37. The van der Waals surface area contributed by atoms with Gasteiger partial charge >= 0.3 is 0 Å². The molecule has 1 N–H and O–H groups in total. The van der Waals surface area contributed by atoms with Gasteiger partial charge in [0.15, 0.2) is 0 Å². The Morgan fingerprint density at radius 1 is 1.27 bits per heavy atom. The average molecular weight is 222 g/mol. The average Bonchev–Trinajstić information content (AvgIpc) is 2.28. The molecule has 1 nitrogen and oxygen atoms in total. The highest BCUT2D eigenvalue weighted by molar-refractivity contribution is 6.30. The lowest BCUT2D eigenvalue weighted by molar-refractivity contribution is 0.293. The number of benzene rings is 1. The fourth-order valence-corrected chi connectivity index (χ4v) is 3.32. The van der Waals surface area contributed by atoms with Gasteiger partial charge in [0, 0.05) is 5.02 Å². The van der Waals surface area contributed by atoms with Crippen LogP contribution in [0.25, 0.3) is 0 Å². The van der Waals surface area contributed by atoms with Gasteiger partial charge in [0.05, 0.1) is 0 Å². The molecule has 3 rings (SSSR count). The van der Waals surface area contributed by atoms with Gasteiger partial charge in [-0.1, -0.05) is 17.7 Å². The Hall–Kier alpha value is -0.530. The Balaban J connectivity index is 1.99. The first-order valence-electron chi connectivity index (χ1n) is 5.83. The largest absolute Gasteiger partial charge is 0.316 e. The molecule has 0 aromatic heterocycles. The summed E-state index contributed by atoms with van der Waals surface area (Å²) in [5.74, 6) is 1.64. The van der Waals surface area contributed by atoms with Crippen LogP contribution in [0.15, 0.2) is 18.2 Å². The molecule has 0 spiro atoms. The molecule has 2 heteroatoms. The molecule has 0 bridgehead atoms. The van der Waals surface area contributed by atoms with Crippen molar-refractivity contribution in [3.8, 4) is 0 Å². The summed E-state index contributed by atoms with van der Waals surface area (Å²) in [4.78, 5) is 0. The van der Waals surface area contributed by atoms with Crippen molar-refractivity contribution < 1.29 is 0 Å². The molecule has 1 aromatic rings. The zero-order valence-corrected chi connectivity index (χ0v) is 9.56. The molecule has 80 valence electrons. The fourth-order valence-electron chi connectivity index (χ4n) is 3.13. The van der Waals surface area contributed by atoms with Crippen molar-refractivity contribution in [2.24, 2.45) is 5.92 Å². The van der Waals surface area contributed by atoms with E-state index in [-0.39, 0.29) is 0 Å². The Kier molecular flexibility index (Phi) is 2.45. The maximum Gasteiger partial charge on any atom is 0.0408 e. The third-order valence-corrected chi connectivity index (χ3v) is 4.13. The summed E-state index contributed by atoms with van der Waals surface area (Å²) in [6, 6.07) is 6.46. The molecule has 2 atom stereocenters. The number of hydrogen-bond donors (Lipinski definition) is 1. The molecule has 2 aliphatic rings. The second-order valence-electron chi connectivity index (χ2n) is 4.74. The normalized spacial score (nSPS) is 29.4. The van der Waals surface area contributed by atoms with Gasteiger partial charge < -0.3 is 5.32 Å². The zero-order valence-electron chi connectivity index (χ0n) is 8.80. The molecule has 1 heterocycles. The Morgan fingerprint density at radius 3 is 3.13 bits per heavy atom. The molecular formula is C13H16ClN. The molecule has 0 amide bonds. The number of nitrogens with one attached hydrogen (secondary N) is 1. The summed E-state index contributed by atoms with van der Waals surface area (Å²) >= 11 is 6.04. The minimum absolute atomic E-state index is 0.785. The summed E-state index contributed by atoms with van der Waals surface area (Å²) < 4.78 is 0. The molecular weight excluding hydrogens is 206 g/mol. The lowest BCUT2D eigenvalue weighted by Crippen LogP contribution is -2.37. The van der Waals surface area contributed by atoms with E-state index in [0.717, 1.165) is 16.9 Å². The van der Waals surface area contributed by atoms with Crippen LogP contribution in [0.3, 0.4) is 0 Å². The monoisotopic (exact) mass is 221 g/mol. The van der Waals surface area contributed by atoms with Gasteiger partial charge in [-0.3, -0.25) is 0 Å². The molecule has 0 radical (unpaired) electrons. The minimum atomic E-state index is 0.785. The minimum Gasteiger partial charge on any atom is -0.316 e. The molecule has 1 aliphatic heterocycles. The van der Waals surface area contributed by atoms with Crippen molar-refractivity contribution in [1.29, 1.82) is 0 Å². The van der Waals surface area contributed by atoms with Gasteiger partial charge in [-0.15, -0.1) is 0 Å². The van der Waals surface area contributed by atoms with E-state index < -0.39 is 0 Å². The first-order chi connectivity index (χ1) is 7.34. The summed E-state index contributed by atoms with van der Waals surface area (Å²) in [6.07, 6.45) is 3.82. The van der Waals surface area contributed by atoms with Gasteiger partial charge in [-0.2, -0.15) is 0 Å². The van der Waals surface area contributed by atoms with E-state index in [4.69, 9.17) is 11.6 Å². The molecule has 0 saturated carbocycles. The zero-order chi connectivity index (χ0) is 10.3. The second kappa shape index (κ2) is 3.80. The lowest BCUT2D eigenvalue weighted by atomic mass is 9.72. The van der Waals surface area contributed by atoms with Crippen LogP contribution in [0.2, 0.25) is 5.02 Å². The summed E-state index contributed by atoms with van der Waals surface area (Å²) in [5, 5.41) is 4.39. The molecule has 15 heavy (non-hydrogen) atoms. The number of aryl methyl sites for hydroxylation is 1. The quantitative estimate of drug-likeness (QED) is 0.710. The van der Waals surface area contributed by atoms with Gasteiger partial charge in [0.25, 0.3) is 0 Å². The van der Waals surface area contributed by atoms with Crippen LogP contribution in [0.4, 0.5) is 0 Å². The number of halogens is 1. The number of hydrogen-bond acceptors (Lipinski definition) is 1. The summed E-state index contributed by atoms with van der Waals surface area (Å²) in [7, 11) is 0. The van der Waals surface area contributed by atoms with Gasteiger partial charge in [-0.25, -0.2) is 0 Å². The van der Waals surface area contributed by atoms with Gasteiger partial charge in [0.2, 0.25) is 0 Å². The predicted molar refractivity (Wildman–Crippen MR) is 63.5 cm³/mol. The summed E-state index contributed by atoms with van der Waals surface area (Å²) in [6.45, 7) is 2.37. The van der Waals surface area contributed by atoms with Gasteiger partial charge in [-0.05, 0) is 67.4 Å². The van der Waals surface area contributed by atoms with E-state index in [1.807, 2.05) is 6.07 Å². The predicted octanol–water partition coefficient (Wildman–Crippen LogP) is 2.98. The smallest absolute Gasteiger partial charge is 0.0408 e. The number of piperidine rings is 1. The van der Waals surface area contributed by atoms with Gasteiger partial charge in [0.1, 0.15) is 0 Å². The number of fused-ring (bicyclic) bond motifs is 3. The van der Waals surface area contributed by atoms with Crippen LogP contribution in [-0.2, 0) is 6.42 Å².